The Morgan fingerprint density at radius 1 is 1.58 bits per heavy atom. The van der Waals surface area contributed by atoms with Crippen LogP contribution in [0.1, 0.15) is 9.68 Å². The van der Waals surface area contributed by atoms with E-state index in [2.05, 4.69) is 4.98 Å². The summed E-state index contributed by atoms with van der Waals surface area (Å²) in [5, 5.41) is 0.876. The first-order valence-corrected chi connectivity index (χ1v) is 7.90. The van der Waals surface area contributed by atoms with Crippen molar-refractivity contribution in [2.75, 3.05) is 19.8 Å². The zero-order valence-electron chi connectivity index (χ0n) is 15.5. The lowest BCUT2D eigenvalue weighted by molar-refractivity contribution is -0.191. The highest BCUT2D eigenvalue weighted by Crippen LogP contribution is 2.40. The summed E-state index contributed by atoms with van der Waals surface area (Å²) in [6.45, 7) is -1.89. The number of aromatic nitrogens is 2. The fraction of sp³-hybridized carbons (Fsp3) is 0.353. The predicted molar refractivity (Wildman–Crippen MR) is 90.8 cm³/mol. The molecule has 0 spiro atoms. The van der Waals surface area contributed by atoms with Crippen molar-refractivity contribution >= 4 is 23.2 Å². The van der Waals surface area contributed by atoms with E-state index in [1.807, 2.05) is 5.92 Å². The molecule has 0 unspecified atom stereocenters. The monoisotopic (exact) mass is 369 g/mol. The topological polar surface area (TPSA) is 45.5 Å². The summed E-state index contributed by atoms with van der Waals surface area (Å²) >= 11 is 12.4. The van der Waals surface area contributed by atoms with Crippen molar-refractivity contribution in [3.05, 3.63) is 52.5 Å². The first kappa shape index (κ1) is 13.7. The lowest BCUT2D eigenvalue weighted by Gasteiger charge is -2.29. The van der Waals surface area contributed by atoms with Crippen LogP contribution in [0.4, 0.5) is 0 Å². The summed E-state index contributed by atoms with van der Waals surface area (Å²) in [6, 6.07) is 5.03. The van der Waals surface area contributed by atoms with Crippen LogP contribution in [0, 0.1) is 12.3 Å². The van der Waals surface area contributed by atoms with E-state index in [0.29, 0.717) is 15.6 Å². The van der Waals surface area contributed by atoms with Crippen LogP contribution < -0.4 is 0 Å². The van der Waals surface area contributed by atoms with Crippen molar-refractivity contribution in [3.8, 4) is 12.3 Å². The van der Waals surface area contributed by atoms with Gasteiger partial charge >= 0.3 is 0 Å². The molecule has 1 aromatic carbocycles. The van der Waals surface area contributed by atoms with Gasteiger partial charge in [0.2, 0.25) is 5.79 Å². The molecule has 1 saturated heterocycles. The number of terminal acetylenes is 1. The Hall–Kier alpha value is -1.55. The molecule has 5 nitrogen and oxygen atoms in total. The van der Waals surface area contributed by atoms with Crippen LogP contribution >= 0.6 is 23.2 Å². The second-order valence-corrected chi connectivity index (χ2v) is 6.04. The smallest absolute Gasteiger partial charge is 0.215 e. The number of nitrogens with zero attached hydrogens (tertiary/aromatic N) is 2. The van der Waals surface area contributed by atoms with E-state index in [4.69, 9.17) is 41.5 Å². The summed E-state index contributed by atoms with van der Waals surface area (Å²) in [5.74, 6) is 0.829. The number of ether oxygens (including phenoxy) is 3. The normalized spacial score (nSPS) is 25.4. The first-order valence-electron chi connectivity index (χ1n) is 8.64. The van der Waals surface area contributed by atoms with Gasteiger partial charge < -0.3 is 18.8 Å². The third-order valence-electron chi connectivity index (χ3n) is 3.54. The maximum absolute atomic E-state index is 7.58. The van der Waals surface area contributed by atoms with Crippen LogP contribution in [-0.2, 0) is 26.5 Å². The van der Waals surface area contributed by atoms with Gasteiger partial charge in [0.05, 0.1) is 33.8 Å². The molecule has 0 saturated carbocycles. The molecule has 2 aromatic rings. The minimum Gasteiger partial charge on any atom is -0.366 e. The van der Waals surface area contributed by atoms with Crippen molar-refractivity contribution in [1.29, 1.82) is 0 Å². The van der Waals surface area contributed by atoms with Gasteiger partial charge in [-0.25, -0.2) is 4.98 Å². The van der Waals surface area contributed by atoms with E-state index in [9.17, 15) is 0 Å². The van der Waals surface area contributed by atoms with Crippen LogP contribution in [0.3, 0.4) is 0 Å². The second-order valence-electron chi connectivity index (χ2n) is 5.20. The zero-order valence-corrected chi connectivity index (χ0v) is 14.0. The summed E-state index contributed by atoms with van der Waals surface area (Å²) < 4.78 is 41.0. The van der Waals surface area contributed by atoms with Gasteiger partial charge in [0.25, 0.3) is 0 Å². The highest BCUT2D eigenvalue weighted by atomic mass is 35.5. The van der Waals surface area contributed by atoms with Crippen molar-refractivity contribution in [3.63, 3.8) is 0 Å². The van der Waals surface area contributed by atoms with E-state index in [-0.39, 0.29) is 19.8 Å². The third kappa shape index (κ3) is 3.75. The van der Waals surface area contributed by atoms with Gasteiger partial charge in [0.1, 0.15) is 14.0 Å². The summed E-state index contributed by atoms with van der Waals surface area (Å²) in [4.78, 5) is 4.02. The van der Waals surface area contributed by atoms with Crippen molar-refractivity contribution < 1.29 is 18.3 Å². The molecular weight excluding hydrogens is 351 g/mol. The fourth-order valence-electron chi connectivity index (χ4n) is 2.55. The predicted octanol–water partition coefficient (Wildman–Crippen LogP) is 3.11. The van der Waals surface area contributed by atoms with Crippen LogP contribution in [0.5, 0.6) is 0 Å². The van der Waals surface area contributed by atoms with E-state index in [1.54, 1.807) is 47.9 Å². The van der Waals surface area contributed by atoms with Gasteiger partial charge in [-0.2, -0.15) is 0 Å². The summed E-state index contributed by atoms with van der Waals surface area (Å²) in [7, 11) is 0. The minimum atomic E-state index is -2.24. The van der Waals surface area contributed by atoms with Crippen LogP contribution in [0.15, 0.2) is 36.9 Å². The quantitative estimate of drug-likeness (QED) is 0.733. The highest BCUT2D eigenvalue weighted by molar-refractivity contribution is 6.35. The fourth-order valence-corrected chi connectivity index (χ4v) is 3.10. The molecule has 24 heavy (non-hydrogen) atoms. The molecule has 0 N–H and O–H groups in total. The van der Waals surface area contributed by atoms with Crippen LogP contribution in [0.25, 0.3) is 0 Å². The molecule has 1 aliphatic rings. The van der Waals surface area contributed by atoms with E-state index >= 15 is 0 Å². The number of imidazole rings is 1. The molecule has 1 aromatic heterocycles. The minimum absolute atomic E-state index is 0.0986. The SMILES string of the molecule is [2H]C#CC([2H])([2H])OC[C@H]1CO[C@](Cn2ccnc2)(c2ccc(Cl)cc2Cl)O1. The Bertz CT molecular complexity index is 855. The molecule has 126 valence electrons. The molecule has 1 fully saturated rings. The summed E-state index contributed by atoms with van der Waals surface area (Å²) in [6.07, 6.45) is 6.24. The second kappa shape index (κ2) is 7.56. The van der Waals surface area contributed by atoms with Gasteiger partial charge in [0.15, 0.2) is 0 Å². The lowest BCUT2D eigenvalue weighted by atomic mass is 10.1. The van der Waals surface area contributed by atoms with Crippen molar-refractivity contribution in [1.82, 2.24) is 9.55 Å². The van der Waals surface area contributed by atoms with E-state index < -0.39 is 18.5 Å². The Morgan fingerprint density at radius 2 is 2.50 bits per heavy atom. The van der Waals surface area contributed by atoms with Gasteiger partial charge in [-0.1, -0.05) is 35.2 Å². The van der Waals surface area contributed by atoms with Gasteiger partial charge in [0, 0.05) is 23.0 Å². The Morgan fingerprint density at radius 3 is 3.25 bits per heavy atom. The van der Waals surface area contributed by atoms with E-state index in [1.165, 1.54) is 0 Å². The number of hydrogen-bond acceptors (Lipinski definition) is 4. The molecule has 0 radical (unpaired) electrons. The largest absolute Gasteiger partial charge is 0.366 e. The average Bonchev–Trinajstić information content (AvgIpc) is 3.24. The Labute approximate surface area is 154 Å². The zero-order chi connectivity index (χ0) is 19.5. The van der Waals surface area contributed by atoms with Crippen LogP contribution in [-0.4, -0.2) is 35.4 Å². The average molecular weight is 370 g/mol. The van der Waals surface area contributed by atoms with Crippen molar-refractivity contribution in [2.24, 2.45) is 0 Å². The first-order chi connectivity index (χ1) is 12.8. The standard InChI is InChI=1S/C17H16Cl2N2O3/c1-2-7-22-9-14-10-23-17(24-14,11-21-6-5-20-12-21)15-4-3-13(18)8-16(15)19/h1,3-6,8,12,14H,7,9-11H2/t14-,17-/m0/s1/i1D,7D2. The molecule has 1 aliphatic heterocycles. The molecule has 7 heteroatoms. The molecule has 3 rings (SSSR count). The Balaban J connectivity index is 1.82. The third-order valence-corrected chi connectivity index (χ3v) is 4.09. The van der Waals surface area contributed by atoms with E-state index in [0.717, 1.165) is 0 Å². The lowest BCUT2D eigenvalue weighted by Crippen LogP contribution is -2.34. The van der Waals surface area contributed by atoms with Gasteiger partial charge in [-0.15, -0.1) is 6.40 Å². The molecule has 0 aliphatic carbocycles. The maximum Gasteiger partial charge on any atom is 0.215 e. The number of hydrogen-bond donors (Lipinski definition) is 0. The molecule has 0 bridgehead atoms. The molecular formula is C17H16Cl2N2O3. The Kier molecular flexibility index (Phi) is 4.32. The van der Waals surface area contributed by atoms with Crippen molar-refractivity contribution in [2.45, 2.75) is 18.4 Å². The maximum atomic E-state index is 7.58. The number of benzene rings is 1. The highest BCUT2D eigenvalue weighted by Gasteiger charge is 2.45. The molecule has 0 amide bonds. The summed E-state index contributed by atoms with van der Waals surface area (Å²) in [5.41, 5.74) is 0.596. The van der Waals surface area contributed by atoms with Gasteiger partial charge in [-0.05, 0) is 12.1 Å². The number of halogens is 2. The molecule has 2 heterocycles. The van der Waals surface area contributed by atoms with Gasteiger partial charge in [-0.3, -0.25) is 0 Å². The molecule has 2 atom stereocenters. The number of rotatable bonds is 6. The van der Waals surface area contributed by atoms with Crippen LogP contribution in [0.2, 0.25) is 10.0 Å².